The summed E-state index contributed by atoms with van der Waals surface area (Å²) < 4.78 is 32.6. The molecule has 0 radical (unpaired) electrons. The number of hydroxylamine groups is 1. The van der Waals surface area contributed by atoms with Crippen molar-refractivity contribution in [3.8, 4) is 0 Å². The van der Waals surface area contributed by atoms with Crippen LogP contribution in [-0.2, 0) is 46.5 Å². The fourth-order valence-electron chi connectivity index (χ4n) is 5.90. The van der Waals surface area contributed by atoms with E-state index < -0.39 is 74.4 Å². The third-order valence-corrected chi connectivity index (χ3v) is 11.5. The van der Waals surface area contributed by atoms with E-state index in [4.69, 9.17) is 4.55 Å². The molecule has 0 spiro atoms. The second-order valence-corrected chi connectivity index (χ2v) is 15.4. The van der Waals surface area contributed by atoms with Gasteiger partial charge in [-0.2, -0.15) is 13.9 Å². The maximum absolute atomic E-state index is 13.9. The highest BCUT2D eigenvalue weighted by Crippen LogP contribution is 2.46. The number of fused-ring (bicyclic) bond motifs is 1. The Morgan fingerprint density at radius 1 is 1.02 bits per heavy atom. The second-order valence-electron chi connectivity index (χ2n) is 11.9. The second kappa shape index (κ2) is 15.5. The summed E-state index contributed by atoms with van der Waals surface area (Å²) in [5.74, 6) is -6.79. The van der Waals surface area contributed by atoms with Crippen LogP contribution in [-0.4, -0.2) is 129 Å². The number of tetrazole rings is 1. The van der Waals surface area contributed by atoms with E-state index in [1.54, 1.807) is 48.5 Å². The number of aromatic nitrogens is 4. The lowest BCUT2D eigenvalue weighted by molar-refractivity contribution is -0.171. The van der Waals surface area contributed by atoms with Gasteiger partial charge in [-0.15, -0.1) is 16.9 Å². The monoisotopic (exact) mass is 802 g/mol. The topological polar surface area (TPSA) is 287 Å². The molecule has 1 aromatic heterocycles. The van der Waals surface area contributed by atoms with Crippen LogP contribution in [0.15, 0.2) is 77.1 Å². The largest absolute Gasteiger partial charge is 0.477 e. The van der Waals surface area contributed by atoms with Gasteiger partial charge in [-0.1, -0.05) is 72.4 Å². The molecule has 4 heterocycles. The zero-order valence-corrected chi connectivity index (χ0v) is 30.1. The smallest absolute Gasteiger partial charge is 0.352 e. The number of thioether (sulfide) groups is 2. The average molecular weight is 803 g/mol. The molecule has 0 bridgehead atoms. The Bertz CT molecular complexity index is 2140. The first kappa shape index (κ1) is 38.3. The lowest BCUT2D eigenvalue weighted by Crippen LogP contribution is -2.85. The van der Waals surface area contributed by atoms with E-state index in [9.17, 15) is 47.5 Å². The highest BCUT2D eigenvalue weighted by atomic mass is 32.2. The lowest BCUT2D eigenvalue weighted by Gasteiger charge is -2.56. The SMILES string of the molecule is O=C(O)C1=C(CSc2nnnn2CS(=O)(=O)O)CS[C@H]2N1C(=O)[C@@]2(NO)NC(=O)C(NC(=O)N1CCN(Cc2ccccc2)C(=O)C1=O)c1ccccc1. The van der Waals surface area contributed by atoms with E-state index >= 15 is 0 Å². The Morgan fingerprint density at radius 3 is 2.35 bits per heavy atom. The molecule has 24 heteroatoms. The molecule has 6 amide bonds. The van der Waals surface area contributed by atoms with E-state index in [2.05, 4.69) is 26.2 Å². The van der Waals surface area contributed by atoms with Gasteiger partial charge in [0, 0.05) is 31.1 Å². The van der Waals surface area contributed by atoms with Crippen LogP contribution in [0.3, 0.4) is 0 Å². The molecule has 2 saturated heterocycles. The van der Waals surface area contributed by atoms with E-state index in [1.165, 1.54) is 17.0 Å². The Balaban J connectivity index is 1.18. The van der Waals surface area contributed by atoms with E-state index in [0.717, 1.165) is 38.7 Å². The Morgan fingerprint density at radius 2 is 1.70 bits per heavy atom. The molecule has 0 saturated carbocycles. The lowest BCUT2D eigenvalue weighted by atomic mass is 9.94. The number of rotatable bonds is 13. The summed E-state index contributed by atoms with van der Waals surface area (Å²) >= 11 is 1.81. The van der Waals surface area contributed by atoms with Crippen LogP contribution in [0.2, 0.25) is 0 Å². The number of nitrogens with one attached hydrogen (secondary N) is 3. The summed E-state index contributed by atoms with van der Waals surface area (Å²) in [7, 11) is -4.51. The molecule has 3 aliphatic rings. The summed E-state index contributed by atoms with van der Waals surface area (Å²) in [5.41, 5.74) is 0.256. The molecule has 3 aliphatic heterocycles. The number of imide groups is 1. The normalized spacial score (nSPS) is 20.7. The first-order valence-electron chi connectivity index (χ1n) is 15.7. The van der Waals surface area contributed by atoms with Gasteiger partial charge in [-0.25, -0.2) is 14.3 Å². The van der Waals surface area contributed by atoms with Crippen LogP contribution < -0.4 is 16.1 Å². The maximum Gasteiger partial charge on any atom is 0.352 e. The van der Waals surface area contributed by atoms with Gasteiger partial charge < -0.3 is 25.8 Å². The van der Waals surface area contributed by atoms with Crippen molar-refractivity contribution in [3.63, 3.8) is 0 Å². The molecular weight excluding hydrogens is 773 g/mol. The number of benzene rings is 2. The average Bonchev–Trinajstić information content (AvgIpc) is 3.58. The molecular formula is C30H30N10O11S3. The quantitative estimate of drug-likeness (QED) is 0.0301. The predicted molar refractivity (Wildman–Crippen MR) is 185 cm³/mol. The third-order valence-electron chi connectivity index (χ3n) is 8.44. The molecule has 6 rings (SSSR count). The number of nitrogens with zero attached hydrogens (tertiary/aromatic N) is 7. The third kappa shape index (κ3) is 7.64. The number of carbonyl (C=O) groups is 6. The maximum atomic E-state index is 13.9. The number of β-lactam (4-membered cyclic amide) rings is 1. The number of carboxylic acids is 1. The molecule has 284 valence electrons. The Kier molecular flexibility index (Phi) is 11.0. The zero-order valence-electron chi connectivity index (χ0n) is 27.6. The molecule has 6 N–H and O–H groups in total. The summed E-state index contributed by atoms with van der Waals surface area (Å²) in [6, 6.07) is 14.0. The zero-order chi connectivity index (χ0) is 38.8. The number of piperazine rings is 1. The van der Waals surface area contributed by atoms with Crippen LogP contribution in [0.5, 0.6) is 0 Å². The molecule has 21 nitrogen and oxygen atoms in total. The molecule has 54 heavy (non-hydrogen) atoms. The van der Waals surface area contributed by atoms with Crippen LogP contribution in [0, 0.1) is 0 Å². The van der Waals surface area contributed by atoms with Crippen LogP contribution >= 0.6 is 23.5 Å². The summed E-state index contributed by atoms with van der Waals surface area (Å²) in [6.07, 6.45) is 0. The van der Waals surface area contributed by atoms with Crippen LogP contribution in [0.4, 0.5) is 4.79 Å². The number of carboxylic acid groups (broad SMARTS) is 1. The molecule has 2 aromatic carbocycles. The minimum atomic E-state index is -4.51. The van der Waals surface area contributed by atoms with Gasteiger partial charge in [0.25, 0.3) is 16.0 Å². The summed E-state index contributed by atoms with van der Waals surface area (Å²) in [4.78, 5) is 82.4. The van der Waals surface area contributed by atoms with Gasteiger partial charge in [0.05, 0.1) is 0 Å². The van der Waals surface area contributed by atoms with E-state index in [0.29, 0.717) is 4.90 Å². The minimum Gasteiger partial charge on any atom is -0.477 e. The van der Waals surface area contributed by atoms with Gasteiger partial charge in [0.15, 0.2) is 5.88 Å². The van der Waals surface area contributed by atoms with Gasteiger partial charge >= 0.3 is 23.8 Å². The number of urea groups is 1. The highest BCUT2D eigenvalue weighted by Gasteiger charge is 2.66. The predicted octanol–water partition coefficient (Wildman–Crippen LogP) is -1.02. The number of aliphatic carboxylic acids is 1. The Labute approximate surface area is 313 Å². The minimum absolute atomic E-state index is 0.0252. The molecule has 1 unspecified atom stereocenters. The first-order chi connectivity index (χ1) is 25.7. The van der Waals surface area contributed by atoms with Crippen molar-refractivity contribution < 1.29 is 52.1 Å². The van der Waals surface area contributed by atoms with Gasteiger partial charge in [-0.05, 0) is 27.1 Å². The van der Waals surface area contributed by atoms with E-state index in [1.807, 2.05) is 5.48 Å². The van der Waals surface area contributed by atoms with Crippen molar-refractivity contribution in [1.82, 2.24) is 51.0 Å². The van der Waals surface area contributed by atoms with Gasteiger partial charge in [0.2, 0.25) is 16.7 Å². The van der Waals surface area contributed by atoms with Crippen LogP contribution in [0.1, 0.15) is 17.2 Å². The van der Waals surface area contributed by atoms with Crippen molar-refractivity contribution >= 4 is 69.3 Å². The summed E-state index contributed by atoms with van der Waals surface area (Å²) in [6.45, 7) is -0.00862. The van der Waals surface area contributed by atoms with Crippen molar-refractivity contribution in [2.75, 3.05) is 24.6 Å². The summed E-state index contributed by atoms with van der Waals surface area (Å²) in [5, 5.41) is 34.5. The van der Waals surface area contributed by atoms with E-state index in [-0.39, 0.29) is 47.4 Å². The standard InChI is InChI=1S/C30H30N10O11S3/c41-22(20(18-9-5-2-6-10-18)31-28(47)38-12-11-37(23(42)24(38)43)13-17-7-3-1-4-8-17)32-30(34-48)26(46)40-21(25(44)45)19(14-52-27(30)40)15-53-29-33-35-36-39(29)16-54(49,50)51/h1-10,20,27,34,48H,11-16H2,(H,31,47)(H,32,41)(H,44,45)(H,49,50,51)/t20?,27-,30+/m1/s1. The van der Waals surface area contributed by atoms with Crippen molar-refractivity contribution in [1.29, 1.82) is 0 Å². The number of carbonyl (C=O) groups excluding carboxylic acids is 5. The molecule has 3 atom stereocenters. The Hall–Kier alpha value is -5.40. The fourth-order valence-corrected chi connectivity index (χ4v) is 8.89. The molecule has 2 fully saturated rings. The van der Waals surface area contributed by atoms with Crippen molar-refractivity contribution in [3.05, 3.63) is 83.1 Å². The fraction of sp³-hybridized carbons (Fsp3) is 0.300. The first-order valence-corrected chi connectivity index (χ1v) is 19.4. The number of amides is 6. The van der Waals surface area contributed by atoms with Gasteiger partial charge in [-0.3, -0.25) is 33.5 Å². The highest BCUT2D eigenvalue weighted by molar-refractivity contribution is 8.01. The van der Waals surface area contributed by atoms with Crippen molar-refractivity contribution in [2.24, 2.45) is 0 Å². The number of hydrogen-bond acceptors (Lipinski definition) is 15. The number of hydrogen-bond donors (Lipinski definition) is 6. The van der Waals surface area contributed by atoms with Gasteiger partial charge in [0.1, 0.15) is 17.1 Å². The van der Waals surface area contributed by atoms with Crippen molar-refractivity contribution in [2.45, 2.75) is 34.7 Å². The van der Waals surface area contributed by atoms with Crippen LogP contribution in [0.25, 0.3) is 0 Å². The molecule has 3 aromatic rings. The molecule has 0 aliphatic carbocycles.